The van der Waals surface area contributed by atoms with Crippen molar-refractivity contribution in [2.45, 2.75) is 55.9 Å². The number of ether oxygens (including phenoxy) is 2. The predicted octanol–water partition coefficient (Wildman–Crippen LogP) is 3.72. The number of amides is 1. The third-order valence-electron chi connectivity index (χ3n) is 3.50. The highest BCUT2D eigenvalue weighted by Gasteiger charge is 2.42. The van der Waals surface area contributed by atoms with E-state index in [-0.39, 0.29) is 11.2 Å². The molecule has 2 rings (SSSR count). The van der Waals surface area contributed by atoms with Gasteiger partial charge in [-0.25, -0.2) is 9.59 Å². The zero-order valence-electron chi connectivity index (χ0n) is 14.7. The second kappa shape index (κ2) is 7.92. The molecule has 0 bridgehead atoms. The summed E-state index contributed by atoms with van der Waals surface area (Å²) in [7, 11) is 0. The Balaban J connectivity index is 2.10. The molecule has 0 spiro atoms. The van der Waals surface area contributed by atoms with Crippen LogP contribution in [-0.2, 0) is 14.3 Å². The van der Waals surface area contributed by atoms with E-state index in [1.807, 2.05) is 51.1 Å². The Morgan fingerprint density at radius 3 is 2.50 bits per heavy atom. The average Bonchev–Trinajstić information content (AvgIpc) is 2.91. The van der Waals surface area contributed by atoms with E-state index in [2.05, 4.69) is 0 Å². The van der Waals surface area contributed by atoms with Crippen molar-refractivity contribution in [1.29, 1.82) is 0 Å². The fourth-order valence-electron chi connectivity index (χ4n) is 2.56. The summed E-state index contributed by atoms with van der Waals surface area (Å²) in [6, 6.07) is 9.39. The van der Waals surface area contributed by atoms with Crippen LogP contribution >= 0.6 is 11.8 Å². The highest BCUT2D eigenvalue weighted by Crippen LogP contribution is 2.34. The van der Waals surface area contributed by atoms with Crippen molar-refractivity contribution in [2.24, 2.45) is 0 Å². The Bertz CT molecular complexity index is 570. The van der Waals surface area contributed by atoms with Crippen LogP contribution in [0, 0.1) is 0 Å². The molecular weight excluding hydrogens is 326 g/mol. The topological polar surface area (TPSA) is 55.8 Å². The van der Waals surface area contributed by atoms with E-state index in [1.165, 1.54) is 4.90 Å². The largest absolute Gasteiger partial charge is 0.464 e. The van der Waals surface area contributed by atoms with Gasteiger partial charge in [-0.05, 0) is 46.2 Å². The van der Waals surface area contributed by atoms with E-state index >= 15 is 0 Å². The van der Waals surface area contributed by atoms with Gasteiger partial charge in [0.05, 0.1) is 6.61 Å². The first-order valence-electron chi connectivity index (χ1n) is 8.18. The van der Waals surface area contributed by atoms with Crippen LogP contribution in [0.25, 0.3) is 0 Å². The molecule has 6 heteroatoms. The number of nitrogens with zero attached hydrogens (tertiary/aromatic N) is 1. The van der Waals surface area contributed by atoms with Gasteiger partial charge in [0.2, 0.25) is 0 Å². The van der Waals surface area contributed by atoms with Crippen molar-refractivity contribution in [3.63, 3.8) is 0 Å². The first-order chi connectivity index (χ1) is 11.3. The Morgan fingerprint density at radius 1 is 1.25 bits per heavy atom. The van der Waals surface area contributed by atoms with Crippen molar-refractivity contribution in [1.82, 2.24) is 4.90 Å². The summed E-state index contributed by atoms with van der Waals surface area (Å²) in [6.07, 6.45) is 0.106. The molecule has 0 radical (unpaired) electrons. The number of esters is 1. The Kier molecular flexibility index (Phi) is 6.15. The normalized spacial score (nSPS) is 20.8. The summed E-state index contributed by atoms with van der Waals surface area (Å²) in [6.45, 7) is 7.98. The van der Waals surface area contributed by atoms with Gasteiger partial charge in [0, 0.05) is 16.7 Å². The first kappa shape index (κ1) is 18.6. The molecule has 132 valence electrons. The zero-order chi connectivity index (χ0) is 17.7. The monoisotopic (exact) mass is 351 g/mol. The van der Waals surface area contributed by atoms with Crippen LogP contribution < -0.4 is 0 Å². The molecule has 1 aliphatic rings. The Morgan fingerprint density at radius 2 is 1.92 bits per heavy atom. The molecule has 0 aliphatic carbocycles. The number of carbonyl (C=O) groups is 2. The van der Waals surface area contributed by atoms with Gasteiger partial charge in [-0.3, -0.25) is 4.90 Å². The molecule has 0 saturated carbocycles. The van der Waals surface area contributed by atoms with Gasteiger partial charge in [-0.2, -0.15) is 0 Å². The van der Waals surface area contributed by atoms with E-state index in [0.717, 1.165) is 4.90 Å². The molecule has 24 heavy (non-hydrogen) atoms. The molecule has 1 heterocycles. The maximum absolute atomic E-state index is 12.5. The van der Waals surface area contributed by atoms with Crippen LogP contribution in [0.5, 0.6) is 0 Å². The number of benzene rings is 1. The van der Waals surface area contributed by atoms with Gasteiger partial charge in [0.1, 0.15) is 11.6 Å². The number of carbonyl (C=O) groups excluding carboxylic acids is 2. The van der Waals surface area contributed by atoms with Crippen molar-refractivity contribution in [3.05, 3.63) is 30.3 Å². The van der Waals surface area contributed by atoms with E-state index in [4.69, 9.17) is 9.47 Å². The van der Waals surface area contributed by atoms with Crippen molar-refractivity contribution in [2.75, 3.05) is 13.2 Å². The SMILES string of the molecule is CCOC(=O)[C@H]1CC(Sc2ccccc2)CN1C(=O)OC(C)(C)C. The van der Waals surface area contributed by atoms with Gasteiger partial charge in [0.15, 0.2) is 0 Å². The number of rotatable bonds is 4. The summed E-state index contributed by atoms with van der Waals surface area (Å²) >= 11 is 1.67. The highest BCUT2D eigenvalue weighted by molar-refractivity contribution is 8.00. The number of hydrogen-bond acceptors (Lipinski definition) is 5. The first-order valence-corrected chi connectivity index (χ1v) is 9.06. The third-order valence-corrected chi connectivity index (χ3v) is 4.71. The Labute approximate surface area is 147 Å². The minimum Gasteiger partial charge on any atom is -0.464 e. The quantitative estimate of drug-likeness (QED) is 0.774. The van der Waals surface area contributed by atoms with Crippen molar-refractivity contribution in [3.8, 4) is 0 Å². The lowest BCUT2D eigenvalue weighted by molar-refractivity contribution is -0.148. The van der Waals surface area contributed by atoms with Crippen LogP contribution in [0.1, 0.15) is 34.1 Å². The van der Waals surface area contributed by atoms with Crippen LogP contribution in [0.15, 0.2) is 35.2 Å². The summed E-state index contributed by atoms with van der Waals surface area (Å²) in [5, 5.41) is 0.134. The van der Waals surface area contributed by atoms with Gasteiger partial charge in [-0.15, -0.1) is 11.8 Å². The molecule has 1 unspecified atom stereocenters. The lowest BCUT2D eigenvalue weighted by atomic mass is 10.2. The minimum atomic E-state index is -0.596. The van der Waals surface area contributed by atoms with E-state index in [9.17, 15) is 9.59 Å². The maximum atomic E-state index is 12.5. The van der Waals surface area contributed by atoms with Gasteiger partial charge in [-0.1, -0.05) is 18.2 Å². The number of thioether (sulfide) groups is 1. The summed E-state index contributed by atoms with van der Waals surface area (Å²) in [5.41, 5.74) is -0.596. The maximum Gasteiger partial charge on any atom is 0.411 e. The second-order valence-electron chi connectivity index (χ2n) is 6.69. The average molecular weight is 351 g/mol. The molecule has 5 nitrogen and oxygen atoms in total. The smallest absolute Gasteiger partial charge is 0.411 e. The lowest BCUT2D eigenvalue weighted by Crippen LogP contribution is -2.44. The molecule has 1 amide bonds. The van der Waals surface area contributed by atoms with Gasteiger partial charge >= 0.3 is 12.1 Å². The van der Waals surface area contributed by atoms with E-state index in [0.29, 0.717) is 19.6 Å². The number of likely N-dealkylation sites (tertiary alicyclic amines) is 1. The van der Waals surface area contributed by atoms with E-state index < -0.39 is 17.7 Å². The summed E-state index contributed by atoms with van der Waals surface area (Å²) in [5.74, 6) is -0.362. The van der Waals surface area contributed by atoms with Gasteiger partial charge < -0.3 is 9.47 Å². The van der Waals surface area contributed by atoms with Crippen LogP contribution in [0.4, 0.5) is 4.79 Å². The molecule has 1 saturated heterocycles. The van der Waals surface area contributed by atoms with E-state index in [1.54, 1.807) is 18.7 Å². The minimum absolute atomic E-state index is 0.134. The van der Waals surface area contributed by atoms with Gasteiger partial charge in [0.25, 0.3) is 0 Å². The highest BCUT2D eigenvalue weighted by atomic mass is 32.2. The second-order valence-corrected chi connectivity index (χ2v) is 8.06. The van der Waals surface area contributed by atoms with Crippen molar-refractivity contribution >= 4 is 23.8 Å². The zero-order valence-corrected chi connectivity index (χ0v) is 15.5. The fourth-order valence-corrected chi connectivity index (χ4v) is 3.77. The van der Waals surface area contributed by atoms with Crippen molar-refractivity contribution < 1.29 is 19.1 Å². The summed E-state index contributed by atoms with van der Waals surface area (Å²) < 4.78 is 10.6. The predicted molar refractivity (Wildman–Crippen MR) is 94.1 cm³/mol. The third kappa shape index (κ3) is 5.16. The fraction of sp³-hybridized carbons (Fsp3) is 0.556. The molecule has 0 aromatic heterocycles. The molecule has 1 fully saturated rings. The summed E-state index contributed by atoms with van der Waals surface area (Å²) in [4.78, 5) is 27.3. The molecule has 1 aromatic rings. The molecule has 1 aromatic carbocycles. The van der Waals surface area contributed by atoms with Crippen LogP contribution in [-0.4, -0.2) is 47.0 Å². The molecule has 2 atom stereocenters. The Hall–Kier alpha value is -1.69. The number of hydrogen-bond donors (Lipinski definition) is 0. The molecule has 1 aliphatic heterocycles. The molecular formula is C18H25NO4S. The van der Waals surface area contributed by atoms with Crippen LogP contribution in [0.3, 0.4) is 0 Å². The lowest BCUT2D eigenvalue weighted by Gasteiger charge is -2.27. The standard InChI is InChI=1S/C18H25NO4S/c1-5-22-16(20)15-11-14(24-13-9-7-6-8-10-13)12-19(15)17(21)23-18(2,3)4/h6-10,14-15H,5,11-12H2,1-4H3/t14?,15-/m1/s1. The van der Waals surface area contributed by atoms with Crippen LogP contribution in [0.2, 0.25) is 0 Å². The molecule has 0 N–H and O–H groups in total.